The summed E-state index contributed by atoms with van der Waals surface area (Å²) in [5, 5.41) is 3.03. The number of halogens is 2. The molecule has 42 heavy (non-hydrogen) atoms. The zero-order valence-corrected chi connectivity index (χ0v) is 24.6. The Bertz CT molecular complexity index is 1690. The summed E-state index contributed by atoms with van der Waals surface area (Å²) < 4.78 is 34.8. The van der Waals surface area contributed by atoms with Crippen molar-refractivity contribution in [1.29, 1.82) is 0 Å². The molecule has 5 rings (SSSR count). The van der Waals surface area contributed by atoms with Gasteiger partial charge in [0.25, 0.3) is 5.91 Å². The first-order valence-electron chi connectivity index (χ1n) is 13.1. The van der Waals surface area contributed by atoms with Crippen LogP contribution in [0.2, 0.25) is 10.0 Å². The number of sulfonamides is 1. The lowest BCUT2D eigenvalue weighted by atomic mass is 10.1. The number of anilines is 1. The first-order chi connectivity index (χ1) is 20.2. The van der Waals surface area contributed by atoms with E-state index in [9.17, 15) is 18.0 Å². The first-order valence-corrected chi connectivity index (χ1v) is 15.3. The molecule has 1 atom stereocenters. The Kier molecular flexibility index (Phi) is 9.13. The highest BCUT2D eigenvalue weighted by Gasteiger charge is 2.36. The Morgan fingerprint density at radius 1 is 0.881 bits per heavy atom. The van der Waals surface area contributed by atoms with Crippen molar-refractivity contribution >= 4 is 50.7 Å². The zero-order chi connectivity index (χ0) is 29.7. The standard InChI is InChI=1S/C31H27Cl2N3O5S/c32-24-15-16-25(33)29(17-24)42(39,40)35(19-23-11-5-2-6-12-23)21-30(37)36-20-28(41-27-14-8-7-13-26(27)36)31(38)34-18-22-9-3-1-4-10-22/h1-17,28H,18-21H2,(H,34,38). The van der Waals surface area contributed by atoms with Gasteiger partial charge in [0.1, 0.15) is 10.6 Å². The number of hydrogen-bond donors (Lipinski definition) is 1. The van der Waals surface area contributed by atoms with E-state index in [2.05, 4.69) is 5.32 Å². The van der Waals surface area contributed by atoms with Gasteiger partial charge in [0.2, 0.25) is 15.9 Å². The molecule has 2 amide bonds. The van der Waals surface area contributed by atoms with E-state index in [1.54, 1.807) is 48.5 Å². The molecule has 0 fully saturated rings. The van der Waals surface area contributed by atoms with Gasteiger partial charge in [-0.2, -0.15) is 4.31 Å². The third-order valence-electron chi connectivity index (χ3n) is 6.70. The van der Waals surface area contributed by atoms with Gasteiger partial charge in [-0.1, -0.05) is 96.0 Å². The number of rotatable bonds is 9. The van der Waals surface area contributed by atoms with E-state index in [0.717, 1.165) is 9.87 Å². The Hall–Kier alpha value is -3.89. The van der Waals surface area contributed by atoms with Gasteiger partial charge >= 0.3 is 0 Å². The molecule has 0 saturated carbocycles. The van der Waals surface area contributed by atoms with E-state index >= 15 is 0 Å². The molecule has 0 saturated heterocycles. The second kappa shape index (κ2) is 13.0. The van der Waals surface area contributed by atoms with Crippen LogP contribution < -0.4 is 15.0 Å². The van der Waals surface area contributed by atoms with Crippen molar-refractivity contribution in [2.45, 2.75) is 24.1 Å². The van der Waals surface area contributed by atoms with Crippen LogP contribution in [0.1, 0.15) is 11.1 Å². The molecule has 1 aliphatic rings. The molecule has 11 heteroatoms. The monoisotopic (exact) mass is 623 g/mol. The molecule has 4 aromatic carbocycles. The fourth-order valence-electron chi connectivity index (χ4n) is 4.57. The second-order valence-electron chi connectivity index (χ2n) is 9.62. The number of nitrogens with one attached hydrogen (secondary N) is 1. The highest BCUT2D eigenvalue weighted by Crippen LogP contribution is 2.34. The molecular weight excluding hydrogens is 597 g/mol. The predicted octanol–water partition coefficient (Wildman–Crippen LogP) is 5.29. The maximum Gasteiger partial charge on any atom is 0.263 e. The maximum absolute atomic E-state index is 13.9. The van der Waals surface area contributed by atoms with Gasteiger partial charge in [-0.25, -0.2) is 8.42 Å². The van der Waals surface area contributed by atoms with Crippen LogP contribution in [0.5, 0.6) is 5.75 Å². The molecule has 0 aliphatic carbocycles. The van der Waals surface area contributed by atoms with Crippen LogP contribution in [-0.4, -0.2) is 43.7 Å². The smallest absolute Gasteiger partial charge is 0.263 e. The quantitative estimate of drug-likeness (QED) is 0.273. The number of fused-ring (bicyclic) bond motifs is 1. The van der Waals surface area contributed by atoms with Gasteiger partial charge in [0.05, 0.1) is 23.8 Å². The van der Waals surface area contributed by atoms with Gasteiger partial charge in [0, 0.05) is 18.1 Å². The Labute approximate surface area is 254 Å². The summed E-state index contributed by atoms with van der Waals surface area (Å²) in [6, 6.07) is 29.3. The summed E-state index contributed by atoms with van der Waals surface area (Å²) in [6.45, 7) is -0.427. The summed E-state index contributed by atoms with van der Waals surface area (Å²) in [6.07, 6.45) is -1.01. The third-order valence-corrected chi connectivity index (χ3v) is 9.21. The highest BCUT2D eigenvalue weighted by atomic mass is 35.5. The minimum Gasteiger partial charge on any atom is -0.477 e. The molecular formula is C31H27Cl2N3O5S. The summed E-state index contributed by atoms with van der Waals surface area (Å²) in [7, 11) is -4.27. The summed E-state index contributed by atoms with van der Waals surface area (Å²) in [5.74, 6) is -0.595. The Morgan fingerprint density at radius 2 is 1.52 bits per heavy atom. The van der Waals surface area contributed by atoms with E-state index in [1.807, 2.05) is 36.4 Å². The molecule has 8 nitrogen and oxygen atoms in total. The molecule has 0 spiro atoms. The number of nitrogens with zero attached hydrogens (tertiary/aromatic N) is 2. The van der Waals surface area contributed by atoms with Crippen molar-refractivity contribution in [3.8, 4) is 5.75 Å². The number of hydrogen-bond acceptors (Lipinski definition) is 5. The molecule has 0 bridgehead atoms. The van der Waals surface area contributed by atoms with Crippen molar-refractivity contribution in [1.82, 2.24) is 9.62 Å². The van der Waals surface area contributed by atoms with E-state index in [4.69, 9.17) is 27.9 Å². The molecule has 1 heterocycles. The lowest BCUT2D eigenvalue weighted by Crippen LogP contribution is -2.52. The van der Waals surface area contributed by atoms with Crippen LogP contribution in [0.3, 0.4) is 0 Å². The number of ether oxygens (including phenoxy) is 1. The molecule has 216 valence electrons. The van der Waals surface area contributed by atoms with E-state index in [-0.39, 0.29) is 28.0 Å². The highest BCUT2D eigenvalue weighted by molar-refractivity contribution is 7.89. The minimum absolute atomic E-state index is 0.0169. The van der Waals surface area contributed by atoms with Crippen molar-refractivity contribution in [3.63, 3.8) is 0 Å². The largest absolute Gasteiger partial charge is 0.477 e. The number of carbonyl (C=O) groups is 2. The van der Waals surface area contributed by atoms with Crippen molar-refractivity contribution in [2.75, 3.05) is 18.0 Å². The van der Waals surface area contributed by atoms with Gasteiger partial charge < -0.3 is 15.0 Å². The second-order valence-corrected chi connectivity index (χ2v) is 12.4. The molecule has 1 aliphatic heterocycles. The van der Waals surface area contributed by atoms with Crippen LogP contribution in [0.4, 0.5) is 5.69 Å². The topological polar surface area (TPSA) is 96.0 Å². The van der Waals surface area contributed by atoms with Gasteiger partial charge in [-0.15, -0.1) is 0 Å². The molecule has 0 aromatic heterocycles. The maximum atomic E-state index is 13.9. The molecule has 0 radical (unpaired) electrons. The van der Waals surface area contributed by atoms with Crippen LogP contribution in [0.25, 0.3) is 0 Å². The predicted molar refractivity (Wildman–Crippen MR) is 162 cm³/mol. The lowest BCUT2D eigenvalue weighted by Gasteiger charge is -2.35. The summed E-state index contributed by atoms with van der Waals surface area (Å²) >= 11 is 12.4. The van der Waals surface area contributed by atoms with E-state index in [0.29, 0.717) is 23.5 Å². The SMILES string of the molecule is O=C(NCc1ccccc1)C1CN(C(=O)CN(Cc2ccccc2)S(=O)(=O)c2cc(Cl)ccc2Cl)c2ccccc2O1. The Balaban J connectivity index is 1.42. The Morgan fingerprint density at radius 3 is 2.24 bits per heavy atom. The van der Waals surface area contributed by atoms with Crippen LogP contribution in [0, 0.1) is 0 Å². The minimum atomic E-state index is -4.27. The van der Waals surface area contributed by atoms with Gasteiger partial charge in [-0.3, -0.25) is 9.59 Å². The fraction of sp³-hybridized carbons (Fsp3) is 0.161. The van der Waals surface area contributed by atoms with Crippen LogP contribution in [-0.2, 0) is 32.7 Å². The number of para-hydroxylation sites is 2. The fourth-order valence-corrected chi connectivity index (χ4v) is 6.68. The summed E-state index contributed by atoms with van der Waals surface area (Å²) in [5.41, 5.74) is 2.02. The van der Waals surface area contributed by atoms with Crippen molar-refractivity contribution < 1.29 is 22.7 Å². The first kappa shape index (κ1) is 29.6. The molecule has 1 unspecified atom stereocenters. The van der Waals surface area contributed by atoms with Crippen molar-refractivity contribution in [2.24, 2.45) is 0 Å². The van der Waals surface area contributed by atoms with Gasteiger partial charge in [0.15, 0.2) is 6.10 Å². The normalized spacial score (nSPS) is 14.6. The van der Waals surface area contributed by atoms with E-state index in [1.165, 1.54) is 23.1 Å². The van der Waals surface area contributed by atoms with Crippen LogP contribution >= 0.6 is 23.2 Å². The number of carbonyl (C=O) groups excluding carboxylic acids is 2. The van der Waals surface area contributed by atoms with E-state index < -0.39 is 34.5 Å². The van der Waals surface area contributed by atoms with Crippen molar-refractivity contribution in [3.05, 3.63) is 124 Å². The third kappa shape index (κ3) is 6.77. The lowest BCUT2D eigenvalue weighted by molar-refractivity contribution is -0.128. The average Bonchev–Trinajstić information content (AvgIpc) is 3.01. The molecule has 4 aromatic rings. The number of benzene rings is 4. The van der Waals surface area contributed by atoms with Gasteiger partial charge in [-0.05, 0) is 41.5 Å². The zero-order valence-electron chi connectivity index (χ0n) is 22.3. The summed E-state index contributed by atoms with van der Waals surface area (Å²) in [4.78, 5) is 28.2. The number of amides is 2. The van der Waals surface area contributed by atoms with Crippen LogP contribution in [0.15, 0.2) is 108 Å². The molecule has 1 N–H and O–H groups in total. The average molecular weight is 625 g/mol.